The molecule has 1 fully saturated rings. The third kappa shape index (κ3) is 2.44. The Labute approximate surface area is 89.9 Å². The van der Waals surface area contributed by atoms with Crippen LogP contribution in [0.25, 0.3) is 0 Å². The lowest BCUT2D eigenvalue weighted by Gasteiger charge is -2.09. The highest BCUT2D eigenvalue weighted by atomic mass is 32.2. The number of hydrogen-bond acceptors (Lipinski definition) is 2. The molecular weight excluding hydrogens is 192 g/mol. The zero-order valence-corrected chi connectivity index (χ0v) is 9.56. The molecule has 2 rings (SSSR count). The molecular formula is C12H16OS. The highest BCUT2D eigenvalue weighted by molar-refractivity contribution is 7.98. The molecule has 0 N–H and O–H groups in total. The van der Waals surface area contributed by atoms with Gasteiger partial charge in [-0.1, -0.05) is 0 Å². The standard InChI is InChI=1S/C12H16OS/c1-9-7-11(14-2)5-6-12(9)13-8-10-3-4-10/h5-7,10H,3-4,8H2,1-2H3. The van der Waals surface area contributed by atoms with Crippen LogP contribution in [0.5, 0.6) is 5.75 Å². The first kappa shape index (κ1) is 9.91. The first-order valence-electron chi connectivity index (χ1n) is 5.07. The fraction of sp³-hybridized carbons (Fsp3) is 0.500. The molecule has 2 heteroatoms. The summed E-state index contributed by atoms with van der Waals surface area (Å²) in [7, 11) is 0. The monoisotopic (exact) mass is 208 g/mol. The fourth-order valence-corrected chi connectivity index (χ4v) is 1.90. The van der Waals surface area contributed by atoms with Crippen molar-refractivity contribution in [2.45, 2.75) is 24.7 Å². The maximum atomic E-state index is 5.75. The second-order valence-corrected chi connectivity index (χ2v) is 4.77. The summed E-state index contributed by atoms with van der Waals surface area (Å²) in [5.74, 6) is 1.88. The third-order valence-electron chi connectivity index (χ3n) is 2.55. The molecule has 0 radical (unpaired) electrons. The van der Waals surface area contributed by atoms with Gasteiger partial charge in [0.1, 0.15) is 5.75 Å². The third-order valence-corrected chi connectivity index (χ3v) is 3.28. The van der Waals surface area contributed by atoms with E-state index in [1.165, 1.54) is 23.3 Å². The van der Waals surface area contributed by atoms with Crippen LogP contribution in [0.4, 0.5) is 0 Å². The second-order valence-electron chi connectivity index (χ2n) is 3.89. The van der Waals surface area contributed by atoms with E-state index in [0.717, 1.165) is 18.3 Å². The van der Waals surface area contributed by atoms with Crippen molar-refractivity contribution >= 4 is 11.8 Å². The molecule has 0 spiro atoms. The van der Waals surface area contributed by atoms with Crippen molar-refractivity contribution in [2.75, 3.05) is 12.9 Å². The van der Waals surface area contributed by atoms with E-state index in [1.54, 1.807) is 11.8 Å². The average molecular weight is 208 g/mol. The van der Waals surface area contributed by atoms with Crippen molar-refractivity contribution in [3.63, 3.8) is 0 Å². The Kier molecular flexibility index (Phi) is 3.02. The Balaban J connectivity index is 2.01. The molecule has 1 aromatic carbocycles. The first-order valence-corrected chi connectivity index (χ1v) is 6.29. The van der Waals surface area contributed by atoms with Crippen molar-refractivity contribution < 1.29 is 4.74 Å². The van der Waals surface area contributed by atoms with Crippen LogP contribution in [0.3, 0.4) is 0 Å². The molecule has 0 aromatic heterocycles. The molecule has 0 bridgehead atoms. The van der Waals surface area contributed by atoms with Crippen LogP contribution in [-0.4, -0.2) is 12.9 Å². The van der Waals surface area contributed by atoms with Gasteiger partial charge in [-0.3, -0.25) is 0 Å². The van der Waals surface area contributed by atoms with Crippen LogP contribution in [0.1, 0.15) is 18.4 Å². The minimum atomic E-state index is 0.828. The van der Waals surface area contributed by atoms with E-state index in [1.807, 2.05) is 0 Å². The van der Waals surface area contributed by atoms with E-state index in [0.29, 0.717) is 0 Å². The Morgan fingerprint density at radius 3 is 2.79 bits per heavy atom. The van der Waals surface area contributed by atoms with Crippen molar-refractivity contribution in [3.8, 4) is 5.75 Å². The van der Waals surface area contributed by atoms with Gasteiger partial charge in [-0.2, -0.15) is 0 Å². The summed E-state index contributed by atoms with van der Waals surface area (Å²) >= 11 is 1.77. The van der Waals surface area contributed by atoms with Crippen LogP contribution in [-0.2, 0) is 0 Å². The van der Waals surface area contributed by atoms with Crippen molar-refractivity contribution in [3.05, 3.63) is 23.8 Å². The highest BCUT2D eigenvalue weighted by Gasteiger charge is 2.22. The van der Waals surface area contributed by atoms with Crippen molar-refractivity contribution in [2.24, 2.45) is 5.92 Å². The summed E-state index contributed by atoms with van der Waals surface area (Å²) in [5, 5.41) is 0. The van der Waals surface area contributed by atoms with Crippen LogP contribution >= 0.6 is 11.8 Å². The number of aryl methyl sites for hydroxylation is 1. The van der Waals surface area contributed by atoms with Gasteiger partial charge in [-0.05, 0) is 55.7 Å². The molecule has 0 saturated heterocycles. The fourth-order valence-electron chi connectivity index (χ4n) is 1.40. The lowest BCUT2D eigenvalue weighted by atomic mass is 10.2. The van der Waals surface area contributed by atoms with Crippen LogP contribution in [0, 0.1) is 12.8 Å². The Morgan fingerprint density at radius 1 is 1.43 bits per heavy atom. The van der Waals surface area contributed by atoms with Gasteiger partial charge in [0.05, 0.1) is 6.61 Å². The highest BCUT2D eigenvalue weighted by Crippen LogP contribution is 2.31. The van der Waals surface area contributed by atoms with Gasteiger partial charge in [0.15, 0.2) is 0 Å². The van der Waals surface area contributed by atoms with Gasteiger partial charge in [0.2, 0.25) is 0 Å². The molecule has 0 unspecified atom stereocenters. The predicted molar refractivity (Wildman–Crippen MR) is 61.2 cm³/mol. The molecule has 14 heavy (non-hydrogen) atoms. The zero-order valence-electron chi connectivity index (χ0n) is 8.75. The van der Waals surface area contributed by atoms with Gasteiger partial charge in [0.25, 0.3) is 0 Å². The smallest absolute Gasteiger partial charge is 0.122 e. The van der Waals surface area contributed by atoms with Gasteiger partial charge in [-0.15, -0.1) is 11.8 Å². The van der Waals surface area contributed by atoms with E-state index in [-0.39, 0.29) is 0 Å². The molecule has 1 nitrogen and oxygen atoms in total. The van der Waals surface area contributed by atoms with Gasteiger partial charge in [0, 0.05) is 4.90 Å². The molecule has 76 valence electrons. The summed E-state index contributed by atoms with van der Waals surface area (Å²) in [6.45, 7) is 3.02. The normalized spacial score (nSPS) is 15.6. The summed E-state index contributed by atoms with van der Waals surface area (Å²) in [4.78, 5) is 1.31. The first-order chi connectivity index (χ1) is 6.79. The van der Waals surface area contributed by atoms with E-state index in [4.69, 9.17) is 4.74 Å². The summed E-state index contributed by atoms with van der Waals surface area (Å²) in [6.07, 6.45) is 4.80. The number of benzene rings is 1. The lowest BCUT2D eigenvalue weighted by molar-refractivity contribution is 0.297. The molecule has 1 aliphatic rings. The predicted octanol–water partition coefficient (Wildman–Crippen LogP) is 3.51. The topological polar surface area (TPSA) is 9.23 Å². The lowest BCUT2D eigenvalue weighted by Crippen LogP contribution is -2.00. The summed E-state index contributed by atoms with van der Waals surface area (Å²) < 4.78 is 5.75. The number of ether oxygens (including phenoxy) is 1. The Bertz CT molecular complexity index is 318. The van der Waals surface area contributed by atoms with Gasteiger partial charge in [-0.25, -0.2) is 0 Å². The average Bonchev–Trinajstić information content (AvgIpc) is 2.99. The second kappa shape index (κ2) is 4.26. The number of hydrogen-bond donors (Lipinski definition) is 0. The van der Waals surface area contributed by atoms with Gasteiger partial charge < -0.3 is 4.74 Å². The SMILES string of the molecule is CSc1ccc(OCC2CC2)c(C)c1. The van der Waals surface area contributed by atoms with E-state index in [9.17, 15) is 0 Å². The molecule has 1 aliphatic carbocycles. The maximum absolute atomic E-state index is 5.75. The van der Waals surface area contributed by atoms with E-state index < -0.39 is 0 Å². The minimum Gasteiger partial charge on any atom is -0.493 e. The quantitative estimate of drug-likeness (QED) is 0.700. The molecule has 0 amide bonds. The number of thioether (sulfide) groups is 1. The van der Waals surface area contributed by atoms with Crippen molar-refractivity contribution in [1.29, 1.82) is 0 Å². The zero-order chi connectivity index (χ0) is 9.97. The van der Waals surface area contributed by atoms with E-state index >= 15 is 0 Å². The van der Waals surface area contributed by atoms with Crippen LogP contribution in [0.2, 0.25) is 0 Å². The molecule has 0 atom stereocenters. The van der Waals surface area contributed by atoms with Gasteiger partial charge >= 0.3 is 0 Å². The Hall–Kier alpha value is -0.630. The van der Waals surface area contributed by atoms with Crippen LogP contribution in [0.15, 0.2) is 23.1 Å². The molecule has 1 aromatic rings. The van der Waals surface area contributed by atoms with Crippen LogP contribution < -0.4 is 4.74 Å². The van der Waals surface area contributed by atoms with E-state index in [2.05, 4.69) is 31.4 Å². The molecule has 0 aliphatic heterocycles. The minimum absolute atomic E-state index is 0.828. The molecule has 1 saturated carbocycles. The Morgan fingerprint density at radius 2 is 2.21 bits per heavy atom. The van der Waals surface area contributed by atoms with Crippen molar-refractivity contribution in [1.82, 2.24) is 0 Å². The number of rotatable bonds is 4. The summed E-state index contributed by atoms with van der Waals surface area (Å²) in [6, 6.07) is 6.40. The summed E-state index contributed by atoms with van der Waals surface area (Å²) in [5.41, 5.74) is 1.25. The largest absolute Gasteiger partial charge is 0.493 e. The molecule has 0 heterocycles. The maximum Gasteiger partial charge on any atom is 0.122 e.